The summed E-state index contributed by atoms with van der Waals surface area (Å²) in [6.07, 6.45) is 7.48. The smallest absolute Gasteiger partial charge is 0.270 e. The fourth-order valence-electron chi connectivity index (χ4n) is 1.19. The fourth-order valence-corrected chi connectivity index (χ4v) is 1.19. The third-order valence-electron chi connectivity index (χ3n) is 1.87. The summed E-state index contributed by atoms with van der Waals surface area (Å²) in [4.78, 5) is 16.8. The van der Waals surface area contributed by atoms with Crippen molar-refractivity contribution in [2.24, 2.45) is 4.99 Å². The topological polar surface area (TPSA) is 32.7 Å². The molecule has 3 heteroatoms. The second kappa shape index (κ2) is 2.05. The molecule has 2 aliphatic rings. The van der Waals surface area contributed by atoms with Crippen LogP contribution in [0.5, 0.6) is 0 Å². The number of amidine groups is 1. The van der Waals surface area contributed by atoms with E-state index in [0.29, 0.717) is 0 Å². The summed E-state index contributed by atoms with van der Waals surface area (Å²) in [5, 5.41) is 0. The highest BCUT2D eigenvalue weighted by atomic mass is 16.2. The third kappa shape index (κ3) is 0.808. The maximum absolute atomic E-state index is 11.0. The molecule has 56 valence electrons. The molecule has 0 radical (unpaired) electrons. The fraction of sp³-hybridized carbons (Fsp3) is 0.250. The van der Waals surface area contributed by atoms with E-state index in [4.69, 9.17) is 0 Å². The number of amides is 1. The molecule has 11 heavy (non-hydrogen) atoms. The van der Waals surface area contributed by atoms with Crippen molar-refractivity contribution < 1.29 is 4.79 Å². The molecule has 0 aromatic carbocycles. The minimum Gasteiger partial charge on any atom is -0.321 e. The van der Waals surface area contributed by atoms with Crippen LogP contribution in [0.4, 0.5) is 0 Å². The van der Waals surface area contributed by atoms with Gasteiger partial charge in [-0.2, -0.15) is 4.99 Å². The zero-order valence-corrected chi connectivity index (χ0v) is 6.19. The first kappa shape index (κ1) is 6.34. The normalized spacial score (nSPS) is 27.4. The standard InChI is InChI=1S/C8H8N2O/c1-6-8(11)9-7-4-2-3-5-10(6)7/h2-6H,1H3/t6-/m0/s1. The van der Waals surface area contributed by atoms with Gasteiger partial charge >= 0.3 is 0 Å². The van der Waals surface area contributed by atoms with Gasteiger partial charge < -0.3 is 4.90 Å². The second-order valence-electron chi connectivity index (χ2n) is 2.59. The van der Waals surface area contributed by atoms with Crippen LogP contribution in [0.15, 0.2) is 29.4 Å². The van der Waals surface area contributed by atoms with E-state index in [0.717, 1.165) is 5.84 Å². The number of nitrogens with zero attached hydrogens (tertiary/aromatic N) is 2. The maximum atomic E-state index is 11.0. The number of fused-ring (bicyclic) bond motifs is 1. The van der Waals surface area contributed by atoms with Crippen LogP contribution in [-0.4, -0.2) is 22.7 Å². The van der Waals surface area contributed by atoms with Gasteiger partial charge in [0.1, 0.15) is 11.9 Å². The third-order valence-corrected chi connectivity index (χ3v) is 1.87. The largest absolute Gasteiger partial charge is 0.321 e. The predicted octanol–water partition coefficient (Wildman–Crippen LogP) is 0.699. The van der Waals surface area contributed by atoms with Crippen LogP contribution < -0.4 is 0 Å². The first-order chi connectivity index (χ1) is 5.29. The lowest BCUT2D eigenvalue weighted by molar-refractivity contribution is -0.119. The number of carbonyl (C=O) groups is 1. The highest BCUT2D eigenvalue weighted by molar-refractivity contribution is 6.09. The second-order valence-corrected chi connectivity index (χ2v) is 2.59. The molecular formula is C8H8N2O. The van der Waals surface area contributed by atoms with Gasteiger partial charge in [0.05, 0.1) is 0 Å². The molecule has 0 saturated carbocycles. The summed E-state index contributed by atoms with van der Waals surface area (Å²) in [5.74, 6) is 0.696. The van der Waals surface area contributed by atoms with Crippen LogP contribution >= 0.6 is 0 Å². The molecule has 0 spiro atoms. The van der Waals surface area contributed by atoms with Gasteiger partial charge in [0.25, 0.3) is 5.91 Å². The van der Waals surface area contributed by atoms with Crippen molar-refractivity contribution >= 4 is 11.7 Å². The van der Waals surface area contributed by atoms with Crippen LogP contribution in [-0.2, 0) is 4.79 Å². The van der Waals surface area contributed by atoms with Gasteiger partial charge in [-0.1, -0.05) is 6.08 Å². The monoisotopic (exact) mass is 148 g/mol. The molecule has 0 bridgehead atoms. The van der Waals surface area contributed by atoms with E-state index in [-0.39, 0.29) is 11.9 Å². The molecule has 3 nitrogen and oxygen atoms in total. The van der Waals surface area contributed by atoms with E-state index in [1.165, 1.54) is 0 Å². The predicted molar refractivity (Wildman–Crippen MR) is 42.0 cm³/mol. The molecular weight excluding hydrogens is 140 g/mol. The Bertz CT molecular complexity index is 288. The number of allylic oxidation sites excluding steroid dienone is 2. The quantitative estimate of drug-likeness (QED) is 0.506. The average Bonchev–Trinajstić information content (AvgIpc) is 2.30. The molecule has 0 aliphatic carbocycles. The van der Waals surface area contributed by atoms with E-state index in [1.54, 1.807) is 0 Å². The maximum Gasteiger partial charge on any atom is 0.270 e. The van der Waals surface area contributed by atoms with E-state index in [9.17, 15) is 4.79 Å². The Morgan fingerprint density at radius 1 is 1.55 bits per heavy atom. The molecule has 0 unspecified atom stereocenters. The molecule has 2 rings (SSSR count). The molecule has 2 heterocycles. The average molecular weight is 148 g/mol. The molecule has 0 aromatic heterocycles. The SMILES string of the molecule is C[C@H]1C(=O)N=C2C=CC=CN21. The Labute approximate surface area is 64.7 Å². The molecule has 1 amide bonds. The Morgan fingerprint density at radius 3 is 3.09 bits per heavy atom. The molecule has 1 atom stereocenters. The van der Waals surface area contributed by atoms with Crippen molar-refractivity contribution in [1.82, 2.24) is 4.90 Å². The summed E-state index contributed by atoms with van der Waals surface area (Å²) >= 11 is 0. The Morgan fingerprint density at radius 2 is 2.36 bits per heavy atom. The van der Waals surface area contributed by atoms with Crippen LogP contribution in [0.1, 0.15) is 6.92 Å². The van der Waals surface area contributed by atoms with E-state index in [1.807, 2.05) is 36.3 Å². The number of rotatable bonds is 0. The van der Waals surface area contributed by atoms with Crippen molar-refractivity contribution in [3.05, 3.63) is 24.4 Å². The number of carbonyl (C=O) groups excluding carboxylic acids is 1. The molecule has 0 saturated heterocycles. The number of hydrogen-bond donors (Lipinski definition) is 0. The van der Waals surface area contributed by atoms with Gasteiger partial charge in [-0.05, 0) is 19.1 Å². The van der Waals surface area contributed by atoms with Gasteiger partial charge in [0, 0.05) is 6.20 Å². The summed E-state index contributed by atoms with van der Waals surface area (Å²) in [6, 6.07) is -0.119. The van der Waals surface area contributed by atoms with Crippen LogP contribution in [0.25, 0.3) is 0 Å². The molecule has 0 aromatic rings. The lowest BCUT2D eigenvalue weighted by atomic mass is 10.3. The Kier molecular flexibility index (Phi) is 1.18. The highest BCUT2D eigenvalue weighted by Gasteiger charge is 2.28. The minimum atomic E-state index is -0.119. The van der Waals surface area contributed by atoms with Crippen molar-refractivity contribution in [3.63, 3.8) is 0 Å². The van der Waals surface area contributed by atoms with Gasteiger partial charge in [0.2, 0.25) is 0 Å². The lowest BCUT2D eigenvalue weighted by Crippen LogP contribution is -2.31. The molecule has 2 aliphatic heterocycles. The minimum absolute atomic E-state index is 0.0591. The number of hydrogen-bond acceptors (Lipinski definition) is 2. The van der Waals surface area contributed by atoms with Gasteiger partial charge in [-0.25, -0.2) is 0 Å². The lowest BCUT2D eigenvalue weighted by Gasteiger charge is -2.19. The zero-order chi connectivity index (χ0) is 7.84. The van der Waals surface area contributed by atoms with Crippen LogP contribution in [0.2, 0.25) is 0 Å². The summed E-state index contributed by atoms with van der Waals surface area (Å²) in [5.41, 5.74) is 0. The summed E-state index contributed by atoms with van der Waals surface area (Å²) in [7, 11) is 0. The van der Waals surface area contributed by atoms with Gasteiger partial charge in [-0.3, -0.25) is 4.79 Å². The number of aliphatic imine (C=N–C) groups is 1. The van der Waals surface area contributed by atoms with Crippen LogP contribution in [0.3, 0.4) is 0 Å². The zero-order valence-electron chi connectivity index (χ0n) is 6.19. The first-order valence-corrected chi connectivity index (χ1v) is 3.55. The van der Waals surface area contributed by atoms with Crippen molar-refractivity contribution in [2.45, 2.75) is 13.0 Å². The van der Waals surface area contributed by atoms with Crippen LogP contribution in [0, 0.1) is 0 Å². The van der Waals surface area contributed by atoms with Gasteiger partial charge in [-0.15, -0.1) is 0 Å². The van der Waals surface area contributed by atoms with Crippen molar-refractivity contribution in [1.29, 1.82) is 0 Å². The van der Waals surface area contributed by atoms with E-state index < -0.39 is 0 Å². The van der Waals surface area contributed by atoms with Crippen molar-refractivity contribution in [2.75, 3.05) is 0 Å². The summed E-state index contributed by atoms with van der Waals surface area (Å²) < 4.78 is 0. The van der Waals surface area contributed by atoms with Gasteiger partial charge in [0.15, 0.2) is 0 Å². The summed E-state index contributed by atoms with van der Waals surface area (Å²) in [6.45, 7) is 1.85. The van der Waals surface area contributed by atoms with E-state index >= 15 is 0 Å². The molecule has 0 N–H and O–H groups in total. The first-order valence-electron chi connectivity index (χ1n) is 3.55. The molecule has 0 fully saturated rings. The Hall–Kier alpha value is -1.38. The van der Waals surface area contributed by atoms with E-state index in [2.05, 4.69) is 4.99 Å². The highest BCUT2D eigenvalue weighted by Crippen LogP contribution is 2.15. The van der Waals surface area contributed by atoms with Crippen molar-refractivity contribution in [3.8, 4) is 0 Å². The Balaban J connectivity index is 2.40.